The number of rotatable bonds is 8. The van der Waals surface area contributed by atoms with Gasteiger partial charge in [-0.3, -0.25) is 19.5 Å². The second-order valence-electron chi connectivity index (χ2n) is 8.28. The number of carbonyl (C=O) groups is 1. The minimum Gasteiger partial charge on any atom is -0.349 e. The zero-order valence-electron chi connectivity index (χ0n) is 18.6. The highest BCUT2D eigenvalue weighted by molar-refractivity contribution is 7.98. The Morgan fingerprint density at radius 2 is 1.85 bits per heavy atom. The van der Waals surface area contributed by atoms with Crippen LogP contribution < -0.4 is 5.32 Å². The number of nitrogens with one attached hydrogen (secondary N) is 1. The summed E-state index contributed by atoms with van der Waals surface area (Å²) in [6, 6.07) is 14.5. The van der Waals surface area contributed by atoms with Crippen LogP contribution in [0.2, 0.25) is 0 Å². The van der Waals surface area contributed by atoms with Gasteiger partial charge in [0.15, 0.2) is 11.0 Å². The smallest absolute Gasteiger partial charge is 0.269 e. The van der Waals surface area contributed by atoms with Gasteiger partial charge in [0.25, 0.3) is 5.69 Å². The van der Waals surface area contributed by atoms with Crippen LogP contribution in [0.5, 0.6) is 0 Å². The van der Waals surface area contributed by atoms with Gasteiger partial charge in [-0.05, 0) is 43.0 Å². The Kier molecular flexibility index (Phi) is 7.39. The Labute approximate surface area is 197 Å². The van der Waals surface area contributed by atoms with Crippen molar-refractivity contribution in [2.75, 3.05) is 0 Å². The summed E-state index contributed by atoms with van der Waals surface area (Å²) in [6.07, 6.45) is 5.24. The van der Waals surface area contributed by atoms with Crippen LogP contribution >= 0.6 is 11.8 Å². The lowest BCUT2D eigenvalue weighted by Crippen LogP contribution is -2.32. The molecule has 4 rings (SSSR count). The molecule has 0 saturated heterocycles. The van der Waals surface area contributed by atoms with Crippen LogP contribution in [0.1, 0.15) is 49.1 Å². The number of hydrogen-bond donors (Lipinski definition) is 1. The monoisotopic (exact) mass is 465 g/mol. The molecule has 0 radical (unpaired) electrons. The molecule has 172 valence electrons. The summed E-state index contributed by atoms with van der Waals surface area (Å²) in [5, 5.41) is 23.5. The maximum Gasteiger partial charge on any atom is 0.269 e. The molecule has 8 nitrogen and oxygen atoms in total. The number of non-ortho nitro benzene ring substituents is 1. The van der Waals surface area contributed by atoms with Gasteiger partial charge >= 0.3 is 0 Å². The van der Waals surface area contributed by atoms with Crippen molar-refractivity contribution in [2.45, 2.75) is 56.5 Å². The van der Waals surface area contributed by atoms with Gasteiger partial charge in [-0.1, -0.05) is 55.3 Å². The normalized spacial score (nSPS) is 14.2. The molecule has 1 heterocycles. The Bertz CT molecular complexity index is 1120. The number of hydrogen-bond acceptors (Lipinski definition) is 6. The molecule has 1 aromatic heterocycles. The van der Waals surface area contributed by atoms with Gasteiger partial charge in [0.05, 0.1) is 11.5 Å². The molecule has 0 bridgehead atoms. The molecule has 2 aromatic carbocycles. The van der Waals surface area contributed by atoms with Crippen molar-refractivity contribution in [1.29, 1.82) is 0 Å². The van der Waals surface area contributed by atoms with Gasteiger partial charge in [-0.15, -0.1) is 10.2 Å². The molecule has 1 fully saturated rings. The summed E-state index contributed by atoms with van der Waals surface area (Å²) in [5.41, 5.74) is 3.15. The van der Waals surface area contributed by atoms with Crippen molar-refractivity contribution in [2.24, 2.45) is 5.92 Å². The van der Waals surface area contributed by atoms with Crippen LogP contribution in [0.3, 0.4) is 0 Å². The van der Waals surface area contributed by atoms with Crippen LogP contribution in [0.15, 0.2) is 53.7 Å². The molecule has 0 spiro atoms. The van der Waals surface area contributed by atoms with Gasteiger partial charge in [-0.25, -0.2) is 0 Å². The Morgan fingerprint density at radius 1 is 1.12 bits per heavy atom. The number of nitro benzene ring substituents is 1. The van der Waals surface area contributed by atoms with E-state index in [4.69, 9.17) is 0 Å². The van der Waals surface area contributed by atoms with E-state index in [-0.39, 0.29) is 24.1 Å². The number of nitro groups is 1. The van der Waals surface area contributed by atoms with E-state index in [0.717, 1.165) is 31.4 Å². The molecule has 3 aromatic rings. The van der Waals surface area contributed by atoms with E-state index in [2.05, 4.69) is 34.6 Å². The number of aromatic nitrogens is 3. The second kappa shape index (κ2) is 10.6. The fourth-order valence-electron chi connectivity index (χ4n) is 4.08. The van der Waals surface area contributed by atoms with E-state index in [1.54, 1.807) is 23.9 Å². The van der Waals surface area contributed by atoms with Gasteiger partial charge in [0.1, 0.15) is 0 Å². The zero-order chi connectivity index (χ0) is 23.2. The largest absolute Gasteiger partial charge is 0.349 e. The van der Waals surface area contributed by atoms with Crippen LogP contribution in [0, 0.1) is 23.0 Å². The predicted octanol–water partition coefficient (Wildman–Crippen LogP) is 4.97. The number of thioether (sulfide) groups is 1. The third kappa shape index (κ3) is 5.60. The molecule has 1 amide bonds. The van der Waals surface area contributed by atoms with E-state index in [0.29, 0.717) is 16.7 Å². The average Bonchev–Trinajstić information content (AvgIpc) is 3.25. The van der Waals surface area contributed by atoms with Crippen LogP contribution in [-0.4, -0.2) is 25.6 Å². The SMILES string of the molecule is Cc1ccccc1CSc1nnc(CNC(=O)C2CCCCC2)n1-c1ccc([N+](=O)[O-])cc1. The summed E-state index contributed by atoms with van der Waals surface area (Å²) >= 11 is 1.55. The van der Waals surface area contributed by atoms with E-state index >= 15 is 0 Å². The van der Waals surface area contributed by atoms with Crippen LogP contribution in [0.4, 0.5) is 5.69 Å². The number of aryl methyl sites for hydroxylation is 1. The highest BCUT2D eigenvalue weighted by atomic mass is 32.2. The molecule has 1 N–H and O–H groups in total. The Hall–Kier alpha value is -3.20. The van der Waals surface area contributed by atoms with Gasteiger partial charge in [0.2, 0.25) is 5.91 Å². The van der Waals surface area contributed by atoms with E-state index in [1.165, 1.54) is 29.7 Å². The van der Waals surface area contributed by atoms with Gasteiger partial charge < -0.3 is 5.32 Å². The highest BCUT2D eigenvalue weighted by Crippen LogP contribution is 2.28. The Morgan fingerprint density at radius 3 is 2.55 bits per heavy atom. The first-order valence-electron chi connectivity index (χ1n) is 11.2. The van der Waals surface area contributed by atoms with Crippen molar-refractivity contribution in [1.82, 2.24) is 20.1 Å². The number of nitrogens with zero attached hydrogens (tertiary/aromatic N) is 4. The first-order valence-corrected chi connectivity index (χ1v) is 12.2. The highest BCUT2D eigenvalue weighted by Gasteiger charge is 2.22. The summed E-state index contributed by atoms with van der Waals surface area (Å²) in [7, 11) is 0. The maximum atomic E-state index is 12.6. The average molecular weight is 466 g/mol. The van der Waals surface area contributed by atoms with Gasteiger partial charge in [0, 0.05) is 29.5 Å². The van der Waals surface area contributed by atoms with Crippen molar-refractivity contribution in [3.8, 4) is 5.69 Å². The summed E-state index contributed by atoms with van der Waals surface area (Å²) in [6.45, 7) is 2.33. The predicted molar refractivity (Wildman–Crippen MR) is 127 cm³/mol. The molecule has 0 aliphatic heterocycles. The van der Waals surface area contributed by atoms with E-state index < -0.39 is 4.92 Å². The summed E-state index contributed by atoms with van der Waals surface area (Å²) < 4.78 is 1.87. The molecule has 1 saturated carbocycles. The first kappa shape index (κ1) is 23.0. The van der Waals surface area contributed by atoms with Crippen LogP contribution in [0.25, 0.3) is 5.69 Å². The standard InChI is InChI=1S/C24H27N5O3S/c1-17-7-5-6-10-19(17)16-33-24-27-26-22(15-25-23(30)18-8-3-2-4-9-18)28(24)20-11-13-21(14-12-20)29(31)32/h5-7,10-14,18H,2-4,8-9,15-16H2,1H3,(H,25,30). The third-order valence-electron chi connectivity index (χ3n) is 6.03. The molecule has 33 heavy (non-hydrogen) atoms. The molecular formula is C24H27N5O3S. The first-order chi connectivity index (χ1) is 16.0. The molecule has 0 unspecified atom stereocenters. The molecular weight excluding hydrogens is 438 g/mol. The lowest BCUT2D eigenvalue weighted by molar-refractivity contribution is -0.384. The summed E-state index contributed by atoms with van der Waals surface area (Å²) in [4.78, 5) is 23.3. The van der Waals surface area contributed by atoms with E-state index in [9.17, 15) is 14.9 Å². The Balaban J connectivity index is 1.56. The quantitative estimate of drug-likeness (QED) is 0.286. The minimum absolute atomic E-state index is 0.0214. The van der Waals surface area contributed by atoms with E-state index in [1.807, 2.05) is 16.7 Å². The number of amides is 1. The molecule has 1 aliphatic carbocycles. The van der Waals surface area contributed by atoms with Gasteiger partial charge in [-0.2, -0.15) is 0 Å². The fourth-order valence-corrected chi connectivity index (χ4v) is 5.13. The molecule has 1 aliphatic rings. The lowest BCUT2D eigenvalue weighted by Gasteiger charge is -2.20. The van der Waals surface area contributed by atoms with Crippen molar-refractivity contribution in [3.05, 3.63) is 75.6 Å². The minimum atomic E-state index is -0.422. The zero-order valence-corrected chi connectivity index (χ0v) is 19.4. The van der Waals surface area contributed by atoms with Crippen molar-refractivity contribution < 1.29 is 9.72 Å². The third-order valence-corrected chi connectivity index (χ3v) is 7.01. The maximum absolute atomic E-state index is 12.6. The van der Waals surface area contributed by atoms with Crippen LogP contribution in [-0.2, 0) is 17.1 Å². The summed E-state index contributed by atoms with van der Waals surface area (Å²) in [5.74, 6) is 1.43. The number of benzene rings is 2. The molecule has 0 atom stereocenters. The fraction of sp³-hybridized carbons (Fsp3) is 0.375. The van der Waals surface area contributed by atoms with Crippen molar-refractivity contribution in [3.63, 3.8) is 0 Å². The number of carbonyl (C=O) groups excluding carboxylic acids is 1. The molecule has 9 heteroatoms. The topological polar surface area (TPSA) is 103 Å². The second-order valence-corrected chi connectivity index (χ2v) is 9.22. The lowest BCUT2D eigenvalue weighted by atomic mass is 9.89. The van der Waals surface area contributed by atoms with Crippen molar-refractivity contribution >= 4 is 23.4 Å².